The van der Waals surface area contributed by atoms with Gasteiger partial charge in [-0.2, -0.15) is 4.31 Å². The molecule has 0 spiro atoms. The van der Waals surface area contributed by atoms with Gasteiger partial charge in [-0.1, -0.05) is 42.0 Å². The molecular formula is C23H24N4O3S. The number of anilines is 1. The number of hydrogen-bond donors (Lipinski definition) is 0. The third kappa shape index (κ3) is 4.50. The standard InChI is InChI=1S/C23H24N4O3S/c1-17-3-5-20(6-4-17)22-11-12-23(25-24-22)26-13-15-27(16-14-26)31(29,30)21-9-7-19(8-10-21)18(2)28/h3-12H,13-16H2,1-2H3. The van der Waals surface area contributed by atoms with Crippen LogP contribution in [-0.4, -0.2) is 54.9 Å². The van der Waals surface area contributed by atoms with Crippen LogP contribution in [-0.2, 0) is 10.0 Å². The molecule has 4 rings (SSSR count). The second-order valence-corrected chi connectivity index (χ2v) is 9.55. The van der Waals surface area contributed by atoms with Gasteiger partial charge in [0.1, 0.15) is 0 Å². The molecule has 0 amide bonds. The molecule has 1 saturated heterocycles. The molecule has 7 nitrogen and oxygen atoms in total. The van der Waals surface area contributed by atoms with E-state index in [4.69, 9.17) is 0 Å². The average Bonchev–Trinajstić information content (AvgIpc) is 2.80. The molecular weight excluding hydrogens is 412 g/mol. The molecule has 1 aromatic heterocycles. The van der Waals surface area contributed by atoms with Gasteiger partial charge >= 0.3 is 0 Å². The largest absolute Gasteiger partial charge is 0.352 e. The summed E-state index contributed by atoms with van der Waals surface area (Å²) in [5, 5.41) is 8.69. The Hall–Kier alpha value is -3.10. The van der Waals surface area contributed by atoms with Gasteiger partial charge in [0, 0.05) is 37.3 Å². The van der Waals surface area contributed by atoms with Crippen molar-refractivity contribution >= 4 is 21.6 Å². The Bertz CT molecular complexity index is 1170. The molecule has 2 aromatic carbocycles. The first-order chi connectivity index (χ1) is 14.8. The molecule has 1 fully saturated rings. The summed E-state index contributed by atoms with van der Waals surface area (Å²) in [6.45, 7) is 5.28. The fourth-order valence-electron chi connectivity index (χ4n) is 3.54. The van der Waals surface area contributed by atoms with Gasteiger partial charge in [-0.3, -0.25) is 4.79 Å². The molecule has 0 atom stereocenters. The maximum atomic E-state index is 12.9. The highest BCUT2D eigenvalue weighted by atomic mass is 32.2. The highest BCUT2D eigenvalue weighted by molar-refractivity contribution is 7.89. The van der Waals surface area contributed by atoms with E-state index in [1.54, 1.807) is 12.1 Å². The molecule has 8 heteroatoms. The molecule has 1 aliphatic heterocycles. The minimum atomic E-state index is -3.60. The van der Waals surface area contributed by atoms with Crippen molar-refractivity contribution in [2.24, 2.45) is 0 Å². The Morgan fingerprint density at radius 1 is 0.839 bits per heavy atom. The van der Waals surface area contributed by atoms with Crippen LogP contribution in [0.25, 0.3) is 11.3 Å². The first-order valence-electron chi connectivity index (χ1n) is 10.1. The van der Waals surface area contributed by atoms with Crippen molar-refractivity contribution in [3.8, 4) is 11.3 Å². The monoisotopic (exact) mass is 436 g/mol. The minimum Gasteiger partial charge on any atom is -0.352 e. The van der Waals surface area contributed by atoms with Crippen molar-refractivity contribution in [3.05, 3.63) is 71.8 Å². The van der Waals surface area contributed by atoms with Crippen LogP contribution < -0.4 is 4.90 Å². The number of piperazine rings is 1. The first-order valence-corrected chi connectivity index (χ1v) is 11.6. The fourth-order valence-corrected chi connectivity index (χ4v) is 4.96. The predicted octanol–water partition coefficient (Wildman–Crippen LogP) is 3.17. The van der Waals surface area contributed by atoms with Gasteiger partial charge in [0.05, 0.1) is 10.6 Å². The number of aromatic nitrogens is 2. The summed E-state index contributed by atoms with van der Waals surface area (Å²) < 4.78 is 27.3. The third-order valence-corrected chi connectivity index (χ3v) is 7.37. The van der Waals surface area contributed by atoms with Crippen molar-refractivity contribution in [2.75, 3.05) is 31.1 Å². The summed E-state index contributed by atoms with van der Waals surface area (Å²) in [6.07, 6.45) is 0. The van der Waals surface area contributed by atoms with Crippen molar-refractivity contribution in [1.29, 1.82) is 0 Å². The SMILES string of the molecule is CC(=O)c1ccc(S(=O)(=O)N2CCN(c3ccc(-c4ccc(C)cc4)nn3)CC2)cc1. The van der Waals surface area contributed by atoms with Crippen molar-refractivity contribution in [1.82, 2.24) is 14.5 Å². The number of hydrogen-bond acceptors (Lipinski definition) is 6. The molecule has 0 N–H and O–H groups in total. The molecule has 0 bridgehead atoms. The van der Waals surface area contributed by atoms with E-state index < -0.39 is 10.0 Å². The van der Waals surface area contributed by atoms with E-state index in [2.05, 4.69) is 10.2 Å². The molecule has 0 saturated carbocycles. The van der Waals surface area contributed by atoms with Gasteiger partial charge in [-0.05, 0) is 38.1 Å². The number of Topliss-reactive ketones (excluding diaryl/α,β-unsaturated/α-hetero) is 1. The van der Waals surface area contributed by atoms with Crippen LogP contribution in [0, 0.1) is 6.92 Å². The van der Waals surface area contributed by atoms with E-state index >= 15 is 0 Å². The number of ketones is 1. The molecule has 2 heterocycles. The summed E-state index contributed by atoms with van der Waals surface area (Å²) in [6, 6.07) is 18.1. The number of nitrogens with zero attached hydrogens (tertiary/aromatic N) is 4. The number of carbonyl (C=O) groups is 1. The van der Waals surface area contributed by atoms with Crippen molar-refractivity contribution in [3.63, 3.8) is 0 Å². The number of aryl methyl sites for hydroxylation is 1. The lowest BCUT2D eigenvalue weighted by Gasteiger charge is -2.34. The summed E-state index contributed by atoms with van der Waals surface area (Å²) >= 11 is 0. The van der Waals surface area contributed by atoms with Gasteiger partial charge in [0.25, 0.3) is 0 Å². The molecule has 3 aromatic rings. The van der Waals surface area contributed by atoms with Crippen LogP contribution >= 0.6 is 0 Å². The van der Waals surface area contributed by atoms with Gasteiger partial charge in [-0.15, -0.1) is 10.2 Å². The average molecular weight is 437 g/mol. The maximum Gasteiger partial charge on any atom is 0.243 e. The minimum absolute atomic E-state index is 0.0907. The van der Waals surface area contributed by atoms with Crippen LogP contribution in [0.15, 0.2) is 65.6 Å². The Morgan fingerprint density at radius 2 is 1.48 bits per heavy atom. The lowest BCUT2D eigenvalue weighted by atomic mass is 10.1. The quantitative estimate of drug-likeness (QED) is 0.572. The fraction of sp³-hybridized carbons (Fsp3) is 0.261. The number of carbonyl (C=O) groups excluding carboxylic acids is 1. The summed E-state index contributed by atoms with van der Waals surface area (Å²) in [4.78, 5) is 13.7. The lowest BCUT2D eigenvalue weighted by molar-refractivity contribution is 0.101. The zero-order valence-corrected chi connectivity index (χ0v) is 18.3. The third-order valence-electron chi connectivity index (χ3n) is 5.46. The van der Waals surface area contributed by atoms with E-state index in [1.807, 2.05) is 48.2 Å². The van der Waals surface area contributed by atoms with Gasteiger partial charge in [0.15, 0.2) is 11.6 Å². The summed E-state index contributed by atoms with van der Waals surface area (Å²) in [5.74, 6) is 0.644. The number of rotatable bonds is 5. The Labute approximate surface area is 182 Å². The second kappa shape index (κ2) is 8.56. The van der Waals surface area contributed by atoms with Crippen molar-refractivity contribution < 1.29 is 13.2 Å². The lowest BCUT2D eigenvalue weighted by Crippen LogP contribution is -2.49. The van der Waals surface area contributed by atoms with Gasteiger partial charge in [-0.25, -0.2) is 8.42 Å². The van der Waals surface area contributed by atoms with Crippen LogP contribution in [0.3, 0.4) is 0 Å². The summed E-state index contributed by atoms with van der Waals surface area (Å²) in [7, 11) is -3.60. The van der Waals surface area contributed by atoms with Crippen molar-refractivity contribution in [2.45, 2.75) is 18.7 Å². The second-order valence-electron chi connectivity index (χ2n) is 7.61. The molecule has 0 radical (unpaired) electrons. The Morgan fingerprint density at radius 3 is 2.03 bits per heavy atom. The topological polar surface area (TPSA) is 83.5 Å². The van der Waals surface area contributed by atoms with E-state index in [0.29, 0.717) is 31.7 Å². The Balaban J connectivity index is 1.42. The van der Waals surface area contributed by atoms with Gasteiger partial charge in [0.2, 0.25) is 10.0 Å². The summed E-state index contributed by atoms with van der Waals surface area (Å²) in [5.41, 5.74) is 3.50. The van der Waals surface area contributed by atoms with Crippen LogP contribution in [0.5, 0.6) is 0 Å². The molecule has 1 aliphatic rings. The van der Waals surface area contributed by atoms with Crippen LogP contribution in [0.2, 0.25) is 0 Å². The predicted molar refractivity (Wildman–Crippen MR) is 120 cm³/mol. The van der Waals surface area contributed by atoms with E-state index in [1.165, 1.54) is 28.9 Å². The smallest absolute Gasteiger partial charge is 0.243 e. The maximum absolute atomic E-state index is 12.9. The first kappa shape index (κ1) is 21.1. The van der Waals surface area contributed by atoms with E-state index in [9.17, 15) is 13.2 Å². The molecule has 160 valence electrons. The molecule has 0 aliphatic carbocycles. The zero-order valence-electron chi connectivity index (χ0n) is 17.5. The highest BCUT2D eigenvalue weighted by Crippen LogP contribution is 2.22. The van der Waals surface area contributed by atoms with Gasteiger partial charge < -0.3 is 4.90 Å². The highest BCUT2D eigenvalue weighted by Gasteiger charge is 2.29. The molecule has 0 unspecified atom stereocenters. The van der Waals surface area contributed by atoms with Crippen LogP contribution in [0.4, 0.5) is 5.82 Å². The number of sulfonamides is 1. The van der Waals surface area contributed by atoms with E-state index in [0.717, 1.165) is 17.1 Å². The number of benzene rings is 2. The van der Waals surface area contributed by atoms with E-state index in [-0.39, 0.29) is 10.7 Å². The Kier molecular flexibility index (Phi) is 5.84. The zero-order chi connectivity index (χ0) is 22.0. The van der Waals surface area contributed by atoms with Crippen LogP contribution in [0.1, 0.15) is 22.8 Å². The molecule has 31 heavy (non-hydrogen) atoms. The normalized spacial score (nSPS) is 15.1.